The summed E-state index contributed by atoms with van der Waals surface area (Å²) < 4.78 is 53.8. The minimum Gasteiger partial charge on any atom is -0.378 e. The fraction of sp³-hybridized carbons (Fsp3) is 0.192. The standard InChI is InChI=1S/C26H21F3N6O4/c27-26(28,29)19-20(16-5-2-1-3-6-16)33-38-22(19)25-32-23(34-39-25)18-9-7-17(8-10-18)21(36)24(37)31-11-4-13-35-14-12-30-15-35/h1-3,5-10,12,14-15,21,36H,4,11,13H2,(H,31,37). The maximum atomic E-state index is 13.9. The van der Waals surface area contributed by atoms with Gasteiger partial charge in [0.2, 0.25) is 11.6 Å². The first kappa shape index (κ1) is 25.9. The summed E-state index contributed by atoms with van der Waals surface area (Å²) in [5.74, 6) is -1.77. The second kappa shape index (κ2) is 10.9. The van der Waals surface area contributed by atoms with Gasteiger partial charge in [-0.2, -0.15) is 18.2 Å². The van der Waals surface area contributed by atoms with E-state index in [0.717, 1.165) is 0 Å². The van der Waals surface area contributed by atoms with Gasteiger partial charge in [-0.05, 0) is 12.0 Å². The summed E-state index contributed by atoms with van der Waals surface area (Å²) in [4.78, 5) is 20.3. The lowest BCUT2D eigenvalue weighted by Crippen LogP contribution is -2.30. The van der Waals surface area contributed by atoms with Crippen LogP contribution in [0.5, 0.6) is 0 Å². The average molecular weight is 538 g/mol. The van der Waals surface area contributed by atoms with E-state index < -0.39 is 41.1 Å². The molecule has 2 N–H and O–H groups in total. The highest BCUT2D eigenvalue weighted by Gasteiger charge is 2.43. The van der Waals surface area contributed by atoms with Gasteiger partial charge in [0.15, 0.2) is 6.10 Å². The lowest BCUT2D eigenvalue weighted by atomic mass is 10.1. The number of aliphatic hydroxyl groups is 1. The molecule has 0 radical (unpaired) electrons. The Balaban J connectivity index is 1.28. The topological polar surface area (TPSA) is 132 Å². The molecular weight excluding hydrogens is 517 g/mol. The van der Waals surface area contributed by atoms with Crippen molar-refractivity contribution in [1.29, 1.82) is 0 Å². The van der Waals surface area contributed by atoms with E-state index in [9.17, 15) is 23.1 Å². The lowest BCUT2D eigenvalue weighted by Gasteiger charge is -2.12. The van der Waals surface area contributed by atoms with Crippen molar-refractivity contribution >= 4 is 5.91 Å². The molecule has 39 heavy (non-hydrogen) atoms. The van der Waals surface area contributed by atoms with E-state index in [1.807, 2.05) is 10.8 Å². The third kappa shape index (κ3) is 5.72. The molecule has 0 saturated heterocycles. The maximum absolute atomic E-state index is 13.9. The number of carbonyl (C=O) groups excluding carboxylic acids is 1. The van der Waals surface area contributed by atoms with Crippen molar-refractivity contribution in [3.63, 3.8) is 0 Å². The summed E-state index contributed by atoms with van der Waals surface area (Å²) in [5.41, 5.74) is -0.597. The van der Waals surface area contributed by atoms with Crippen LogP contribution < -0.4 is 5.32 Å². The Bertz CT molecular complexity index is 1530. The predicted molar refractivity (Wildman–Crippen MR) is 130 cm³/mol. The van der Waals surface area contributed by atoms with Crippen LogP contribution in [-0.2, 0) is 17.5 Å². The van der Waals surface area contributed by atoms with E-state index >= 15 is 0 Å². The van der Waals surface area contributed by atoms with E-state index in [0.29, 0.717) is 30.6 Å². The highest BCUT2D eigenvalue weighted by Crippen LogP contribution is 2.43. The summed E-state index contributed by atoms with van der Waals surface area (Å²) >= 11 is 0. The molecule has 0 bridgehead atoms. The number of rotatable bonds is 9. The molecule has 2 aromatic carbocycles. The van der Waals surface area contributed by atoms with Gasteiger partial charge in [0.1, 0.15) is 11.3 Å². The summed E-state index contributed by atoms with van der Waals surface area (Å²) in [6.45, 7) is 1.04. The van der Waals surface area contributed by atoms with Gasteiger partial charge >= 0.3 is 6.18 Å². The Labute approximate surface area is 219 Å². The average Bonchev–Trinajstić information content (AvgIpc) is 3.71. The zero-order chi connectivity index (χ0) is 27.4. The maximum Gasteiger partial charge on any atom is 0.422 e. The van der Waals surface area contributed by atoms with Gasteiger partial charge in [-0.3, -0.25) is 4.79 Å². The van der Waals surface area contributed by atoms with Crippen LogP contribution in [0, 0.1) is 0 Å². The first-order valence-corrected chi connectivity index (χ1v) is 11.8. The van der Waals surface area contributed by atoms with E-state index in [1.165, 1.54) is 36.4 Å². The third-order valence-electron chi connectivity index (χ3n) is 5.83. The molecule has 13 heteroatoms. The molecular formula is C26H21F3N6O4. The number of aryl methyl sites for hydroxylation is 1. The fourth-order valence-corrected chi connectivity index (χ4v) is 3.88. The number of aliphatic hydroxyl groups excluding tert-OH is 1. The SMILES string of the molecule is O=C(NCCCn1ccnc1)C(O)c1ccc(-c2noc(-c3onc(-c4ccccc4)c3C(F)(F)F)n2)cc1. The Morgan fingerprint density at radius 3 is 2.49 bits per heavy atom. The van der Waals surface area contributed by atoms with Crippen molar-refractivity contribution in [2.24, 2.45) is 0 Å². The summed E-state index contributed by atoms with van der Waals surface area (Å²) in [5, 5.41) is 20.4. The van der Waals surface area contributed by atoms with Crippen LogP contribution in [-0.4, -0.2) is 42.4 Å². The van der Waals surface area contributed by atoms with E-state index in [-0.39, 0.29) is 11.4 Å². The minimum atomic E-state index is -4.80. The van der Waals surface area contributed by atoms with Gasteiger partial charge in [-0.25, -0.2) is 4.98 Å². The summed E-state index contributed by atoms with van der Waals surface area (Å²) in [6, 6.07) is 13.8. The van der Waals surface area contributed by atoms with Gasteiger partial charge in [0.25, 0.3) is 11.8 Å². The molecule has 1 atom stereocenters. The number of halogens is 3. The summed E-state index contributed by atoms with van der Waals surface area (Å²) in [6.07, 6.45) is -0.402. The zero-order valence-corrected chi connectivity index (χ0v) is 20.2. The molecule has 200 valence electrons. The van der Waals surface area contributed by atoms with Crippen LogP contribution in [0.2, 0.25) is 0 Å². The lowest BCUT2D eigenvalue weighted by molar-refractivity contribution is -0.137. The Morgan fingerprint density at radius 2 is 1.79 bits per heavy atom. The van der Waals surface area contributed by atoms with Gasteiger partial charge in [0, 0.05) is 36.6 Å². The quantitative estimate of drug-likeness (QED) is 0.262. The normalized spacial score (nSPS) is 12.4. The molecule has 5 rings (SSSR count). The molecule has 5 aromatic rings. The first-order chi connectivity index (χ1) is 18.8. The van der Waals surface area contributed by atoms with Crippen molar-refractivity contribution in [3.05, 3.63) is 84.4 Å². The summed E-state index contributed by atoms with van der Waals surface area (Å²) in [7, 11) is 0. The molecule has 0 aliphatic rings. The van der Waals surface area contributed by atoms with Crippen LogP contribution in [0.25, 0.3) is 34.3 Å². The number of carbonyl (C=O) groups is 1. The second-order valence-electron chi connectivity index (χ2n) is 8.49. The number of nitrogens with one attached hydrogen (secondary N) is 1. The number of aromatic nitrogens is 5. The van der Waals surface area contributed by atoms with Gasteiger partial charge in [0.05, 0.1) is 6.33 Å². The molecule has 0 spiro atoms. The van der Waals surface area contributed by atoms with Crippen LogP contribution in [0.1, 0.15) is 23.7 Å². The van der Waals surface area contributed by atoms with Crippen molar-refractivity contribution in [3.8, 4) is 34.3 Å². The van der Waals surface area contributed by atoms with Crippen molar-refractivity contribution in [2.45, 2.75) is 25.2 Å². The molecule has 1 amide bonds. The number of hydrogen-bond acceptors (Lipinski definition) is 8. The molecule has 0 fully saturated rings. The monoisotopic (exact) mass is 538 g/mol. The minimum absolute atomic E-state index is 0.0132. The predicted octanol–water partition coefficient (Wildman–Crippen LogP) is 4.51. The van der Waals surface area contributed by atoms with Crippen LogP contribution in [0.15, 0.2) is 82.4 Å². The van der Waals surface area contributed by atoms with Crippen LogP contribution >= 0.6 is 0 Å². The number of benzene rings is 2. The molecule has 0 aliphatic carbocycles. The van der Waals surface area contributed by atoms with Crippen molar-refractivity contribution in [1.82, 2.24) is 30.2 Å². The Hall–Kier alpha value is -4.78. The molecule has 3 heterocycles. The van der Waals surface area contributed by atoms with Crippen LogP contribution in [0.4, 0.5) is 13.2 Å². The highest BCUT2D eigenvalue weighted by atomic mass is 19.4. The van der Waals surface area contributed by atoms with Crippen molar-refractivity contribution in [2.75, 3.05) is 6.54 Å². The third-order valence-corrected chi connectivity index (χ3v) is 5.83. The Morgan fingerprint density at radius 1 is 1.03 bits per heavy atom. The van der Waals surface area contributed by atoms with Gasteiger partial charge < -0.3 is 24.0 Å². The zero-order valence-electron chi connectivity index (χ0n) is 20.2. The van der Waals surface area contributed by atoms with E-state index in [2.05, 4.69) is 25.6 Å². The number of hydrogen-bond donors (Lipinski definition) is 2. The van der Waals surface area contributed by atoms with Crippen molar-refractivity contribution < 1.29 is 32.1 Å². The first-order valence-electron chi connectivity index (χ1n) is 11.8. The van der Waals surface area contributed by atoms with Crippen LogP contribution in [0.3, 0.4) is 0 Å². The highest BCUT2D eigenvalue weighted by molar-refractivity contribution is 5.82. The number of nitrogens with zero attached hydrogens (tertiary/aromatic N) is 5. The molecule has 0 saturated carbocycles. The molecule has 1 unspecified atom stereocenters. The molecule has 0 aliphatic heterocycles. The smallest absolute Gasteiger partial charge is 0.378 e. The number of imidazole rings is 1. The molecule has 10 nitrogen and oxygen atoms in total. The fourth-order valence-electron chi connectivity index (χ4n) is 3.88. The molecule has 3 aromatic heterocycles. The largest absolute Gasteiger partial charge is 0.422 e. The number of amides is 1. The number of alkyl halides is 3. The second-order valence-corrected chi connectivity index (χ2v) is 8.49. The van der Waals surface area contributed by atoms with E-state index in [4.69, 9.17) is 9.05 Å². The Kier molecular flexibility index (Phi) is 7.23. The van der Waals surface area contributed by atoms with Gasteiger partial charge in [-0.15, -0.1) is 0 Å². The van der Waals surface area contributed by atoms with Gasteiger partial charge in [-0.1, -0.05) is 64.9 Å². The van der Waals surface area contributed by atoms with E-state index in [1.54, 1.807) is 30.7 Å².